The zero-order valence-corrected chi connectivity index (χ0v) is 10.2. The minimum Gasteiger partial charge on any atom is -2.00 e. The van der Waals surface area contributed by atoms with Crippen molar-refractivity contribution in [2.24, 2.45) is 0 Å². The average Bonchev–Trinajstić information content (AvgIpc) is 0. The summed E-state index contributed by atoms with van der Waals surface area (Å²) >= 11 is 0. The zero-order valence-electron chi connectivity index (χ0n) is 1.95. The predicted octanol–water partition coefficient (Wildman–Crippen LogP) is -0.505. The van der Waals surface area contributed by atoms with Gasteiger partial charge < -0.3 is 5.48 Å². The second-order valence-corrected chi connectivity index (χ2v) is 0. The van der Waals surface area contributed by atoms with Crippen molar-refractivity contribution in [2.45, 2.75) is 0 Å². The van der Waals surface area contributed by atoms with Gasteiger partial charge in [-0.25, -0.2) is 0 Å². The van der Waals surface area contributed by atoms with E-state index in [-0.39, 0.29) is 69.0 Å². The summed E-state index contributed by atoms with van der Waals surface area (Å²) in [6.07, 6.45) is 0. The van der Waals surface area contributed by atoms with Crippen LogP contribution in [0, 0.1) is 0 Å². The van der Waals surface area contributed by atoms with Crippen LogP contribution in [0.5, 0.6) is 0 Å². The molecule has 4 heteroatoms. The first-order valence-electron chi connectivity index (χ1n) is 0. The fraction of sp³-hybridized carbons (Fsp3) is 0. The van der Waals surface area contributed by atoms with E-state index >= 15 is 0 Å². The first-order chi connectivity index (χ1) is 0. The second-order valence-electron chi connectivity index (χ2n) is 0. The number of hydrogen-bond acceptors (Lipinski definition) is 0. The molecule has 0 heterocycles. The molecule has 0 spiro atoms. The van der Waals surface area contributed by atoms with Crippen LogP contribution in [0.3, 0.4) is 0 Å². The predicted molar refractivity (Wildman–Crippen MR) is 6.44 cm³/mol. The molecule has 0 aromatic carbocycles. The third-order valence-electron chi connectivity index (χ3n) is 0. The van der Waals surface area contributed by atoms with Gasteiger partial charge in [0.1, 0.15) is 0 Å². The monoisotopic (exact) mass is 393 g/mol. The molecule has 0 bridgehead atoms. The molecule has 0 aromatic heterocycles. The van der Waals surface area contributed by atoms with Crippen molar-refractivity contribution in [2.75, 3.05) is 0 Å². The van der Waals surface area contributed by atoms with Crippen molar-refractivity contribution >= 4 is 23.9 Å². The van der Waals surface area contributed by atoms with E-state index in [0.717, 1.165) is 0 Å². The molecule has 0 saturated heterocycles. The molecule has 0 atom stereocenters. The fourth-order valence-electron chi connectivity index (χ4n) is 0. The van der Waals surface area contributed by atoms with E-state index in [9.17, 15) is 0 Å². The van der Waals surface area contributed by atoms with E-state index in [1.54, 1.807) is 0 Å². The van der Waals surface area contributed by atoms with Crippen LogP contribution in [-0.4, -0.2) is 23.9 Å². The summed E-state index contributed by atoms with van der Waals surface area (Å²) in [6, 6.07) is 0. The molecule has 0 aromatic rings. The van der Waals surface area contributed by atoms with Crippen LogP contribution in [0.15, 0.2) is 0 Å². The first-order valence-corrected chi connectivity index (χ1v) is 0. The molecule has 4 heavy (non-hydrogen) atoms. The summed E-state index contributed by atoms with van der Waals surface area (Å²) in [4.78, 5) is 0. The Bertz CT molecular complexity index is 8.00. The van der Waals surface area contributed by atoms with Crippen molar-refractivity contribution in [1.29, 1.82) is 0 Å². The fourth-order valence-corrected chi connectivity index (χ4v) is 0. The first kappa shape index (κ1) is 37.0. The van der Waals surface area contributed by atoms with Crippen LogP contribution < -0.4 is 0 Å². The van der Waals surface area contributed by atoms with Gasteiger partial charge in [-0.05, 0) is 0 Å². The maximum absolute atomic E-state index is 0. The van der Waals surface area contributed by atoms with Crippen LogP contribution >= 0.6 is 0 Å². The van der Waals surface area contributed by atoms with Crippen molar-refractivity contribution in [1.82, 2.24) is 0 Å². The zero-order chi connectivity index (χ0) is 0. The number of rotatable bonds is 0. The van der Waals surface area contributed by atoms with Crippen LogP contribution in [-0.2, 0) is 45.1 Å². The van der Waals surface area contributed by atoms with Gasteiger partial charge in [-0.2, -0.15) is 0 Å². The molecular weight excluding hydrogens is 392 g/mol. The molecule has 0 unspecified atom stereocenters. The molecule has 0 rings (SSSR count). The quantitative estimate of drug-likeness (QED) is 0.498. The van der Waals surface area contributed by atoms with Crippen LogP contribution in [0.1, 0.15) is 0 Å². The summed E-state index contributed by atoms with van der Waals surface area (Å²) in [6.45, 7) is 0. The normalized spacial score (nSPS) is 0. The SMILES string of the molecule is [Ir].[O-2].[Sn].[Zn+2]. The van der Waals surface area contributed by atoms with Gasteiger partial charge in [-0.1, -0.05) is 0 Å². The Morgan fingerprint density at radius 2 is 1.00 bits per heavy atom. The van der Waals surface area contributed by atoms with E-state index < -0.39 is 0 Å². The summed E-state index contributed by atoms with van der Waals surface area (Å²) in [5.74, 6) is 0. The molecule has 0 amide bonds. The third-order valence-corrected chi connectivity index (χ3v) is 0. The minimum atomic E-state index is 0. The Kier molecular flexibility index (Phi) is 183. The van der Waals surface area contributed by atoms with E-state index in [1.807, 2.05) is 0 Å². The Labute approximate surface area is 68.3 Å². The van der Waals surface area contributed by atoms with Gasteiger partial charge in [0.15, 0.2) is 0 Å². The van der Waals surface area contributed by atoms with Crippen LogP contribution in [0.25, 0.3) is 0 Å². The van der Waals surface area contributed by atoms with E-state index in [4.69, 9.17) is 0 Å². The number of hydrogen-bond donors (Lipinski definition) is 0. The Balaban J connectivity index is 0. The average molecular weight is 392 g/mol. The molecule has 1 nitrogen and oxygen atoms in total. The minimum absolute atomic E-state index is 0. The summed E-state index contributed by atoms with van der Waals surface area (Å²) < 4.78 is 0. The second kappa shape index (κ2) is 19.8. The smallest absolute Gasteiger partial charge is 2.00 e. The summed E-state index contributed by atoms with van der Waals surface area (Å²) in [5, 5.41) is 0. The van der Waals surface area contributed by atoms with Gasteiger partial charge in [-0.15, -0.1) is 0 Å². The Morgan fingerprint density at radius 1 is 1.00 bits per heavy atom. The Hall–Kier alpha value is 2.03. The van der Waals surface area contributed by atoms with Gasteiger partial charge in [0.05, 0.1) is 0 Å². The molecule has 0 aliphatic heterocycles. The van der Waals surface area contributed by atoms with Crippen LogP contribution in [0.4, 0.5) is 0 Å². The van der Waals surface area contributed by atoms with Gasteiger partial charge in [0.2, 0.25) is 0 Å². The summed E-state index contributed by atoms with van der Waals surface area (Å²) in [7, 11) is 0. The molecule has 21 valence electrons. The Morgan fingerprint density at radius 3 is 1.00 bits per heavy atom. The molecule has 0 saturated carbocycles. The maximum Gasteiger partial charge on any atom is 2.00 e. The van der Waals surface area contributed by atoms with Crippen molar-refractivity contribution in [3.8, 4) is 0 Å². The molecular formula is IrOSnZn. The molecule has 0 fully saturated rings. The van der Waals surface area contributed by atoms with E-state index in [1.165, 1.54) is 0 Å². The van der Waals surface area contributed by atoms with E-state index in [2.05, 4.69) is 0 Å². The van der Waals surface area contributed by atoms with E-state index in [0.29, 0.717) is 0 Å². The molecule has 0 aliphatic carbocycles. The summed E-state index contributed by atoms with van der Waals surface area (Å²) in [5.41, 5.74) is 0. The van der Waals surface area contributed by atoms with Crippen molar-refractivity contribution in [3.63, 3.8) is 0 Å². The van der Waals surface area contributed by atoms with Gasteiger partial charge in [0, 0.05) is 44.0 Å². The third kappa shape index (κ3) is 8.98. The molecule has 5 radical (unpaired) electrons. The standard InChI is InChI=1S/Ir.O.Sn.Zn/q;-2;;+2. The largest absolute Gasteiger partial charge is 2.00 e. The van der Waals surface area contributed by atoms with Crippen molar-refractivity contribution < 1.29 is 45.1 Å². The molecule has 0 N–H and O–H groups in total. The van der Waals surface area contributed by atoms with Crippen molar-refractivity contribution in [3.05, 3.63) is 0 Å². The van der Waals surface area contributed by atoms with Gasteiger partial charge in [0.25, 0.3) is 0 Å². The van der Waals surface area contributed by atoms with Crippen LogP contribution in [0.2, 0.25) is 0 Å². The molecule has 0 aliphatic rings. The van der Waals surface area contributed by atoms with Gasteiger partial charge in [-0.3, -0.25) is 0 Å². The van der Waals surface area contributed by atoms with Gasteiger partial charge >= 0.3 is 19.5 Å². The maximum atomic E-state index is 0. The topological polar surface area (TPSA) is 28.5 Å².